The molecule has 1 atom stereocenters. The number of amides is 1. The predicted octanol–water partition coefficient (Wildman–Crippen LogP) is 3.16. The quantitative estimate of drug-likeness (QED) is 0.593. The first kappa shape index (κ1) is 21.7. The highest BCUT2D eigenvalue weighted by Crippen LogP contribution is 2.34. The molecule has 0 saturated heterocycles. The van der Waals surface area contributed by atoms with Crippen LogP contribution in [-0.4, -0.2) is 67.9 Å². The summed E-state index contributed by atoms with van der Waals surface area (Å²) in [4.78, 5) is 17.3. The fourth-order valence-corrected chi connectivity index (χ4v) is 3.59. The van der Waals surface area contributed by atoms with Crippen LogP contribution >= 0.6 is 0 Å². The van der Waals surface area contributed by atoms with Crippen LogP contribution in [0, 0.1) is 6.92 Å². The Morgan fingerprint density at radius 1 is 1.16 bits per heavy atom. The van der Waals surface area contributed by atoms with Gasteiger partial charge in [0.05, 0.1) is 17.6 Å². The van der Waals surface area contributed by atoms with Crippen molar-refractivity contribution >= 4 is 17.3 Å². The van der Waals surface area contributed by atoms with Crippen molar-refractivity contribution in [3.8, 4) is 22.6 Å². The molecule has 0 aliphatic carbocycles. The molecule has 1 aliphatic heterocycles. The number of benzene rings is 2. The van der Waals surface area contributed by atoms with Crippen molar-refractivity contribution in [2.75, 3.05) is 51.1 Å². The minimum absolute atomic E-state index is 0.168. The number of aryl methyl sites for hydroxylation is 1. The van der Waals surface area contributed by atoms with Gasteiger partial charge in [-0.1, -0.05) is 18.2 Å². The van der Waals surface area contributed by atoms with Crippen LogP contribution in [0.5, 0.6) is 11.5 Å². The average Bonchev–Trinajstić information content (AvgIpc) is 3.23. The molecule has 1 aromatic heterocycles. The molecule has 32 heavy (non-hydrogen) atoms. The summed E-state index contributed by atoms with van der Waals surface area (Å²) < 4.78 is 11.6. The van der Waals surface area contributed by atoms with Gasteiger partial charge in [0, 0.05) is 31.4 Å². The maximum absolute atomic E-state index is 13.0. The summed E-state index contributed by atoms with van der Waals surface area (Å²) in [6.07, 6.45) is 1.09. The summed E-state index contributed by atoms with van der Waals surface area (Å²) in [5.74, 6) is 0.988. The summed E-state index contributed by atoms with van der Waals surface area (Å²) in [5.41, 5.74) is 4.71. The Hall–Kier alpha value is -3.52. The number of aromatic amines is 1. The first-order valence-electron chi connectivity index (χ1n) is 10.6. The molecule has 0 saturated carbocycles. The zero-order valence-electron chi connectivity index (χ0n) is 18.9. The zero-order valence-corrected chi connectivity index (χ0v) is 18.9. The second-order valence-corrected chi connectivity index (χ2v) is 8.22. The van der Waals surface area contributed by atoms with Gasteiger partial charge in [0.25, 0.3) is 5.91 Å². The molecule has 1 unspecified atom stereocenters. The maximum Gasteiger partial charge on any atom is 0.269 e. The van der Waals surface area contributed by atoms with Gasteiger partial charge in [-0.15, -0.1) is 0 Å². The number of aromatic nitrogens is 2. The van der Waals surface area contributed by atoms with Gasteiger partial charge in [0.15, 0.2) is 11.5 Å². The number of hydrogen-bond acceptors (Lipinski definition) is 6. The van der Waals surface area contributed by atoms with E-state index in [1.54, 1.807) is 6.07 Å². The first-order chi connectivity index (χ1) is 15.4. The third-order valence-corrected chi connectivity index (χ3v) is 5.49. The Morgan fingerprint density at radius 3 is 2.66 bits per heavy atom. The summed E-state index contributed by atoms with van der Waals surface area (Å²) in [6, 6.07) is 13.4. The van der Waals surface area contributed by atoms with Crippen molar-refractivity contribution in [2.24, 2.45) is 0 Å². The molecular weight excluding hydrogens is 406 g/mol. The number of rotatable bonds is 7. The SMILES string of the molecule is Cc1[nH]ncc1-c1ccc(NC(=O)C2COc3ccccc3O2)c(N(C)CCN(C)C)c1. The number of carbonyl (C=O) groups excluding carboxylic acids is 1. The number of anilines is 2. The molecule has 8 nitrogen and oxygen atoms in total. The summed E-state index contributed by atoms with van der Waals surface area (Å²) in [5, 5.41) is 10.2. The number of likely N-dealkylation sites (N-methyl/N-ethyl adjacent to an activating group) is 2. The van der Waals surface area contributed by atoms with Crippen LogP contribution in [0.3, 0.4) is 0 Å². The van der Waals surface area contributed by atoms with Gasteiger partial charge in [-0.2, -0.15) is 5.10 Å². The Balaban J connectivity index is 1.58. The number of hydrogen-bond donors (Lipinski definition) is 2. The van der Waals surface area contributed by atoms with E-state index >= 15 is 0 Å². The number of carbonyl (C=O) groups is 1. The van der Waals surface area contributed by atoms with Crippen molar-refractivity contribution in [2.45, 2.75) is 13.0 Å². The number of H-pyrrole nitrogens is 1. The molecule has 2 aromatic carbocycles. The summed E-state index contributed by atoms with van der Waals surface area (Å²) in [7, 11) is 6.11. The number of fused-ring (bicyclic) bond motifs is 1. The normalized spacial score (nSPS) is 15.0. The van der Waals surface area contributed by atoms with Crippen LogP contribution in [0.2, 0.25) is 0 Å². The summed E-state index contributed by atoms with van der Waals surface area (Å²) >= 11 is 0. The van der Waals surface area contributed by atoms with E-state index in [-0.39, 0.29) is 12.5 Å². The Morgan fingerprint density at radius 2 is 1.94 bits per heavy atom. The second-order valence-electron chi connectivity index (χ2n) is 8.22. The van der Waals surface area contributed by atoms with Crippen molar-refractivity contribution in [1.29, 1.82) is 0 Å². The van der Waals surface area contributed by atoms with Gasteiger partial charge in [0.2, 0.25) is 6.10 Å². The van der Waals surface area contributed by atoms with Crippen LogP contribution in [0.1, 0.15) is 5.69 Å². The Bertz CT molecular complexity index is 1090. The third-order valence-electron chi connectivity index (χ3n) is 5.49. The first-order valence-corrected chi connectivity index (χ1v) is 10.6. The molecule has 4 rings (SSSR count). The van der Waals surface area contributed by atoms with Crippen molar-refractivity contribution in [1.82, 2.24) is 15.1 Å². The van der Waals surface area contributed by atoms with Gasteiger partial charge < -0.3 is 24.6 Å². The minimum Gasteiger partial charge on any atom is -0.485 e. The van der Waals surface area contributed by atoms with Crippen LogP contribution in [-0.2, 0) is 4.79 Å². The minimum atomic E-state index is -0.722. The van der Waals surface area contributed by atoms with Crippen molar-refractivity contribution in [3.63, 3.8) is 0 Å². The average molecular weight is 436 g/mol. The van der Waals surface area contributed by atoms with Crippen molar-refractivity contribution in [3.05, 3.63) is 54.4 Å². The van der Waals surface area contributed by atoms with Crippen LogP contribution in [0.4, 0.5) is 11.4 Å². The van der Waals surface area contributed by atoms with E-state index in [9.17, 15) is 4.79 Å². The lowest BCUT2D eigenvalue weighted by molar-refractivity contribution is -0.125. The second kappa shape index (κ2) is 9.32. The third kappa shape index (κ3) is 4.70. The van der Waals surface area contributed by atoms with E-state index in [1.807, 2.05) is 64.6 Å². The van der Waals surface area contributed by atoms with Crippen LogP contribution in [0.15, 0.2) is 48.7 Å². The van der Waals surface area contributed by atoms with E-state index in [1.165, 1.54) is 0 Å². The largest absolute Gasteiger partial charge is 0.485 e. The summed E-state index contributed by atoms with van der Waals surface area (Å²) in [6.45, 7) is 3.85. The molecule has 2 N–H and O–H groups in total. The molecular formula is C24H29N5O3. The Labute approximate surface area is 188 Å². The molecule has 2 heterocycles. The lowest BCUT2D eigenvalue weighted by Crippen LogP contribution is -2.40. The van der Waals surface area contributed by atoms with Gasteiger partial charge in [-0.3, -0.25) is 9.89 Å². The number of nitrogens with zero attached hydrogens (tertiary/aromatic N) is 3. The maximum atomic E-state index is 13.0. The van der Waals surface area contributed by atoms with Crippen molar-refractivity contribution < 1.29 is 14.3 Å². The van der Waals surface area contributed by atoms with Gasteiger partial charge in [-0.25, -0.2) is 0 Å². The van der Waals surface area contributed by atoms with E-state index in [0.29, 0.717) is 11.5 Å². The predicted molar refractivity (Wildman–Crippen MR) is 126 cm³/mol. The highest BCUT2D eigenvalue weighted by molar-refractivity contribution is 5.98. The molecule has 0 fully saturated rings. The smallest absolute Gasteiger partial charge is 0.269 e. The fourth-order valence-electron chi connectivity index (χ4n) is 3.59. The molecule has 1 amide bonds. The topological polar surface area (TPSA) is 82.7 Å². The standard InChI is InChI=1S/C24H29N5O3/c1-16-18(14-25-27-16)17-9-10-19(20(13-17)29(4)12-11-28(2)3)26-24(30)23-15-31-21-7-5-6-8-22(21)32-23/h5-10,13-14,23H,11-12,15H2,1-4H3,(H,25,27)(H,26,30). The molecule has 0 spiro atoms. The van der Waals surface area contributed by atoms with Gasteiger partial charge in [0.1, 0.15) is 6.61 Å². The lowest BCUT2D eigenvalue weighted by atomic mass is 10.0. The van der Waals surface area contributed by atoms with Gasteiger partial charge >= 0.3 is 0 Å². The monoisotopic (exact) mass is 435 g/mol. The highest BCUT2D eigenvalue weighted by atomic mass is 16.6. The Kier molecular flexibility index (Phi) is 6.32. The molecule has 0 radical (unpaired) electrons. The van der Waals surface area contributed by atoms with E-state index < -0.39 is 6.10 Å². The fraction of sp³-hybridized carbons (Fsp3) is 0.333. The van der Waals surface area contributed by atoms with E-state index in [2.05, 4.69) is 31.4 Å². The number of para-hydroxylation sites is 2. The van der Waals surface area contributed by atoms with Gasteiger partial charge in [-0.05, 0) is 50.8 Å². The van der Waals surface area contributed by atoms with Crippen LogP contribution in [0.25, 0.3) is 11.1 Å². The number of nitrogens with one attached hydrogen (secondary N) is 2. The zero-order chi connectivity index (χ0) is 22.7. The molecule has 8 heteroatoms. The molecule has 3 aromatic rings. The van der Waals surface area contributed by atoms with Crippen LogP contribution < -0.4 is 19.7 Å². The lowest BCUT2D eigenvalue weighted by Gasteiger charge is -2.28. The molecule has 168 valence electrons. The molecule has 1 aliphatic rings. The number of ether oxygens (including phenoxy) is 2. The molecule has 0 bridgehead atoms. The highest BCUT2D eigenvalue weighted by Gasteiger charge is 2.28. The van der Waals surface area contributed by atoms with E-state index in [4.69, 9.17) is 9.47 Å². The van der Waals surface area contributed by atoms with E-state index in [0.717, 1.165) is 41.3 Å².